The molecule has 1 unspecified atom stereocenters. The van der Waals surface area contributed by atoms with Gasteiger partial charge in [0.1, 0.15) is 0 Å². The summed E-state index contributed by atoms with van der Waals surface area (Å²) in [4.78, 5) is 16.6. The summed E-state index contributed by atoms with van der Waals surface area (Å²) in [6.45, 7) is 5.02. The Labute approximate surface area is 115 Å². The van der Waals surface area contributed by atoms with Crippen LogP contribution in [0.1, 0.15) is 24.2 Å². The Morgan fingerprint density at radius 2 is 2.11 bits per heavy atom. The maximum absolute atomic E-state index is 12.6. The minimum Gasteiger partial charge on any atom is -0.378 e. The van der Waals surface area contributed by atoms with Crippen molar-refractivity contribution in [2.24, 2.45) is 5.92 Å². The Hall–Kier alpha value is -1.77. The van der Waals surface area contributed by atoms with Crippen LogP contribution in [0.4, 0.5) is 5.69 Å². The highest BCUT2D eigenvalue weighted by Crippen LogP contribution is 2.22. The highest BCUT2D eigenvalue weighted by atomic mass is 16.2. The Morgan fingerprint density at radius 3 is 2.74 bits per heavy atom. The number of carbonyl (C=O) groups is 1. The van der Waals surface area contributed by atoms with E-state index in [-0.39, 0.29) is 11.9 Å². The zero-order chi connectivity index (χ0) is 14.0. The highest BCUT2D eigenvalue weighted by molar-refractivity contribution is 5.95. The summed E-state index contributed by atoms with van der Waals surface area (Å²) in [5.74, 6) is 0.562. The topological polar surface area (TPSA) is 23.6 Å². The largest absolute Gasteiger partial charge is 0.378 e. The van der Waals surface area contributed by atoms with Gasteiger partial charge in [-0.1, -0.05) is 32.1 Å². The van der Waals surface area contributed by atoms with Crippen LogP contribution in [0, 0.1) is 5.92 Å². The molecule has 0 spiro atoms. The zero-order valence-corrected chi connectivity index (χ0v) is 12.1. The molecule has 102 valence electrons. The van der Waals surface area contributed by atoms with Crippen molar-refractivity contribution < 1.29 is 4.79 Å². The molecule has 0 N–H and O–H groups in total. The smallest absolute Gasteiger partial charge is 0.254 e. The number of amides is 1. The van der Waals surface area contributed by atoms with Crippen molar-refractivity contribution in [3.63, 3.8) is 0 Å². The molecule has 0 saturated heterocycles. The van der Waals surface area contributed by atoms with Crippen LogP contribution in [-0.2, 0) is 0 Å². The Morgan fingerprint density at radius 1 is 1.37 bits per heavy atom. The third-order valence-corrected chi connectivity index (χ3v) is 3.55. The lowest BCUT2D eigenvalue weighted by Crippen LogP contribution is -2.39. The Kier molecular flexibility index (Phi) is 3.93. The lowest BCUT2D eigenvalue weighted by molar-refractivity contribution is 0.0720. The van der Waals surface area contributed by atoms with Crippen molar-refractivity contribution in [3.8, 4) is 0 Å². The Balaban J connectivity index is 2.22. The van der Waals surface area contributed by atoms with Crippen LogP contribution in [0.3, 0.4) is 0 Å². The third kappa shape index (κ3) is 2.80. The molecule has 0 bridgehead atoms. The van der Waals surface area contributed by atoms with E-state index in [0.29, 0.717) is 12.5 Å². The van der Waals surface area contributed by atoms with E-state index in [0.717, 1.165) is 11.3 Å². The number of anilines is 1. The van der Waals surface area contributed by atoms with E-state index in [1.54, 1.807) is 0 Å². The van der Waals surface area contributed by atoms with Gasteiger partial charge in [-0.05, 0) is 24.1 Å². The molecule has 1 aromatic rings. The van der Waals surface area contributed by atoms with Gasteiger partial charge in [-0.2, -0.15) is 0 Å². The second-order valence-electron chi connectivity index (χ2n) is 5.57. The second-order valence-corrected chi connectivity index (χ2v) is 5.57. The number of hydrogen-bond acceptors (Lipinski definition) is 2. The summed E-state index contributed by atoms with van der Waals surface area (Å²) in [5.41, 5.74) is 1.82. The standard InChI is InChI=1S/C16H22N2O/c1-12(2)15-9-6-10-18(15)16(19)13-7-5-8-14(11-13)17(3)4/h5-9,11-12,15H,10H2,1-4H3. The minimum atomic E-state index is 0.118. The fourth-order valence-electron chi connectivity index (χ4n) is 2.42. The average Bonchev–Trinajstić information content (AvgIpc) is 2.87. The molecule has 0 saturated carbocycles. The summed E-state index contributed by atoms with van der Waals surface area (Å²) in [5, 5.41) is 0. The summed E-state index contributed by atoms with van der Waals surface area (Å²) in [7, 11) is 3.97. The number of rotatable bonds is 3. The molecule has 0 aromatic heterocycles. The van der Waals surface area contributed by atoms with Crippen LogP contribution < -0.4 is 4.90 Å². The lowest BCUT2D eigenvalue weighted by Gasteiger charge is -2.28. The first-order valence-electron chi connectivity index (χ1n) is 6.75. The summed E-state index contributed by atoms with van der Waals surface area (Å²) in [6.07, 6.45) is 4.22. The van der Waals surface area contributed by atoms with Crippen LogP contribution in [-0.4, -0.2) is 37.5 Å². The van der Waals surface area contributed by atoms with Gasteiger partial charge in [-0.25, -0.2) is 0 Å². The third-order valence-electron chi connectivity index (χ3n) is 3.55. The minimum absolute atomic E-state index is 0.118. The van der Waals surface area contributed by atoms with Gasteiger partial charge < -0.3 is 9.80 Å². The summed E-state index contributed by atoms with van der Waals surface area (Å²) in [6, 6.07) is 8.02. The van der Waals surface area contributed by atoms with E-state index in [2.05, 4.69) is 26.0 Å². The van der Waals surface area contributed by atoms with Crippen molar-refractivity contribution in [3.05, 3.63) is 42.0 Å². The van der Waals surface area contributed by atoms with Crippen molar-refractivity contribution in [2.45, 2.75) is 19.9 Å². The van der Waals surface area contributed by atoms with E-state index in [1.165, 1.54) is 0 Å². The fourth-order valence-corrected chi connectivity index (χ4v) is 2.42. The SMILES string of the molecule is CC(C)C1C=CCN1C(=O)c1cccc(N(C)C)c1. The predicted molar refractivity (Wildman–Crippen MR) is 79.6 cm³/mol. The van der Waals surface area contributed by atoms with Crippen molar-refractivity contribution in [2.75, 3.05) is 25.5 Å². The van der Waals surface area contributed by atoms with Crippen LogP contribution in [0.5, 0.6) is 0 Å². The molecule has 3 heteroatoms. The van der Waals surface area contributed by atoms with Gasteiger partial charge in [0.25, 0.3) is 5.91 Å². The maximum atomic E-state index is 12.6. The summed E-state index contributed by atoms with van der Waals surface area (Å²) >= 11 is 0. The van der Waals surface area contributed by atoms with Crippen LogP contribution in [0.25, 0.3) is 0 Å². The first-order valence-corrected chi connectivity index (χ1v) is 6.75. The Bertz CT molecular complexity index is 491. The van der Waals surface area contributed by atoms with Crippen LogP contribution in [0.15, 0.2) is 36.4 Å². The van der Waals surface area contributed by atoms with Crippen molar-refractivity contribution in [1.82, 2.24) is 4.90 Å². The molecular formula is C16H22N2O. The van der Waals surface area contributed by atoms with Gasteiger partial charge >= 0.3 is 0 Å². The van der Waals surface area contributed by atoms with Gasteiger partial charge in [0.15, 0.2) is 0 Å². The fraction of sp³-hybridized carbons (Fsp3) is 0.438. The molecule has 0 fully saturated rings. The molecule has 0 radical (unpaired) electrons. The molecule has 1 heterocycles. The molecule has 1 atom stereocenters. The molecular weight excluding hydrogens is 236 g/mol. The molecule has 1 aliphatic heterocycles. The number of nitrogens with zero attached hydrogens (tertiary/aromatic N) is 2. The van der Waals surface area contributed by atoms with E-state index in [4.69, 9.17) is 0 Å². The maximum Gasteiger partial charge on any atom is 0.254 e. The number of carbonyl (C=O) groups excluding carboxylic acids is 1. The van der Waals surface area contributed by atoms with Crippen molar-refractivity contribution in [1.29, 1.82) is 0 Å². The van der Waals surface area contributed by atoms with Gasteiger partial charge in [-0.15, -0.1) is 0 Å². The van der Waals surface area contributed by atoms with Crippen LogP contribution in [0.2, 0.25) is 0 Å². The highest BCUT2D eigenvalue weighted by Gasteiger charge is 2.27. The molecule has 19 heavy (non-hydrogen) atoms. The van der Waals surface area contributed by atoms with Crippen molar-refractivity contribution >= 4 is 11.6 Å². The first-order chi connectivity index (χ1) is 9.00. The predicted octanol–water partition coefficient (Wildman–Crippen LogP) is 2.79. The summed E-state index contributed by atoms with van der Waals surface area (Å²) < 4.78 is 0. The van der Waals surface area contributed by atoms with E-state index in [1.807, 2.05) is 48.2 Å². The molecule has 1 aromatic carbocycles. The monoisotopic (exact) mass is 258 g/mol. The molecule has 0 aliphatic carbocycles. The first kappa shape index (κ1) is 13.7. The van der Waals surface area contributed by atoms with E-state index in [9.17, 15) is 4.79 Å². The van der Waals surface area contributed by atoms with E-state index >= 15 is 0 Å². The number of hydrogen-bond donors (Lipinski definition) is 0. The lowest BCUT2D eigenvalue weighted by atomic mass is 10.0. The molecule has 2 rings (SSSR count). The van der Waals surface area contributed by atoms with E-state index < -0.39 is 0 Å². The normalized spacial score (nSPS) is 18.2. The van der Waals surface area contributed by atoms with Gasteiger partial charge in [-0.3, -0.25) is 4.79 Å². The average molecular weight is 258 g/mol. The second kappa shape index (κ2) is 5.47. The quantitative estimate of drug-likeness (QED) is 0.778. The molecule has 1 amide bonds. The van der Waals surface area contributed by atoms with Crippen LogP contribution >= 0.6 is 0 Å². The van der Waals surface area contributed by atoms with Gasteiger partial charge in [0.05, 0.1) is 6.04 Å². The molecule has 3 nitrogen and oxygen atoms in total. The van der Waals surface area contributed by atoms with Gasteiger partial charge in [0.2, 0.25) is 0 Å². The van der Waals surface area contributed by atoms with Gasteiger partial charge in [0, 0.05) is 31.9 Å². The zero-order valence-electron chi connectivity index (χ0n) is 12.1. The number of benzene rings is 1. The molecule has 1 aliphatic rings.